The first kappa shape index (κ1) is 12.1. The maximum atomic E-state index is 3.36. The summed E-state index contributed by atoms with van der Waals surface area (Å²) < 4.78 is 0. The molecular weight excluding hydrogens is 272 g/mol. The first-order valence-corrected chi connectivity index (χ1v) is 6.61. The van der Waals surface area contributed by atoms with Gasteiger partial charge in [0.2, 0.25) is 0 Å². The van der Waals surface area contributed by atoms with Gasteiger partial charge in [0.1, 0.15) is 0 Å². The molecule has 0 saturated heterocycles. The first-order chi connectivity index (χ1) is 8.29. The fourth-order valence-electron chi connectivity index (χ4n) is 1.81. The molecule has 0 bridgehead atoms. The number of hydrogen-bond acceptors (Lipinski definition) is 0. The molecule has 1 heteroatoms. The molecule has 0 fully saturated rings. The van der Waals surface area contributed by atoms with E-state index in [4.69, 9.17) is 0 Å². The number of benzene rings is 2. The molecule has 0 aliphatic heterocycles. The molecule has 0 radical (unpaired) electrons. The summed E-state index contributed by atoms with van der Waals surface area (Å²) in [5.41, 5.74) is 5.22. The van der Waals surface area contributed by atoms with Gasteiger partial charge in [0.05, 0.1) is 0 Å². The third-order valence-electron chi connectivity index (χ3n) is 2.73. The molecule has 0 atom stereocenters. The molecule has 86 valence electrons. The van der Waals surface area contributed by atoms with E-state index in [0.29, 0.717) is 0 Å². The average Bonchev–Trinajstić information content (AvgIpc) is 2.40. The lowest BCUT2D eigenvalue weighted by Crippen LogP contribution is -1.86. The number of halogens is 1. The minimum Gasteiger partial charge on any atom is -0.0622 e. The Labute approximate surface area is 111 Å². The maximum absolute atomic E-state index is 3.36. The third-order valence-corrected chi connectivity index (χ3v) is 3.51. The van der Waals surface area contributed by atoms with Crippen LogP contribution in [-0.4, -0.2) is 0 Å². The van der Waals surface area contributed by atoms with E-state index in [-0.39, 0.29) is 0 Å². The van der Waals surface area contributed by atoms with Crippen LogP contribution in [-0.2, 0) is 6.42 Å². The number of rotatable bonds is 3. The Balaban J connectivity index is 2.19. The lowest BCUT2D eigenvalue weighted by molar-refractivity contribution is 1.15. The average molecular weight is 287 g/mol. The lowest BCUT2D eigenvalue weighted by atomic mass is 10.0. The van der Waals surface area contributed by atoms with E-state index in [1.807, 2.05) is 11.1 Å². The van der Waals surface area contributed by atoms with Gasteiger partial charge in [-0.2, -0.15) is 0 Å². The second-order valence-corrected chi connectivity index (χ2v) is 4.65. The Bertz CT molecular complexity index is 495. The van der Waals surface area contributed by atoms with Gasteiger partial charge in [0.15, 0.2) is 0 Å². The van der Waals surface area contributed by atoms with Crippen molar-refractivity contribution in [3.8, 4) is 11.1 Å². The molecule has 2 rings (SSSR count). The Morgan fingerprint density at radius 1 is 0.941 bits per heavy atom. The largest absolute Gasteiger partial charge is 0.0622 e. The second-order valence-electron chi connectivity index (χ2n) is 4.20. The van der Waals surface area contributed by atoms with Crippen molar-refractivity contribution in [1.82, 2.24) is 0 Å². The van der Waals surface area contributed by atoms with Crippen molar-refractivity contribution in [2.75, 3.05) is 0 Å². The molecule has 0 N–H and O–H groups in total. The predicted octanol–water partition coefficient (Wildman–Crippen LogP) is 5.19. The normalized spacial score (nSPS) is 11.5. The molecule has 0 amide bonds. The van der Waals surface area contributed by atoms with E-state index >= 15 is 0 Å². The van der Waals surface area contributed by atoms with Gasteiger partial charge >= 0.3 is 0 Å². The Kier molecular flexibility index (Phi) is 4.16. The highest BCUT2D eigenvalue weighted by Crippen LogP contribution is 2.20. The Hall–Kier alpha value is -1.34. The summed E-state index contributed by atoms with van der Waals surface area (Å²) in [6.45, 7) is 2.12. The van der Waals surface area contributed by atoms with Crippen molar-refractivity contribution in [3.05, 3.63) is 70.7 Å². The fraction of sp³-hybridized carbons (Fsp3) is 0.125. The summed E-state index contributed by atoms with van der Waals surface area (Å²) in [5.74, 6) is 0. The molecule has 0 aromatic heterocycles. The van der Waals surface area contributed by atoms with Gasteiger partial charge in [-0.3, -0.25) is 0 Å². The highest BCUT2D eigenvalue weighted by atomic mass is 79.9. The molecule has 0 nitrogen and oxygen atoms in total. The summed E-state index contributed by atoms with van der Waals surface area (Å²) in [4.78, 5) is 1.98. The van der Waals surface area contributed by atoms with E-state index in [2.05, 4.69) is 71.4 Å². The molecular formula is C16H15Br. The topological polar surface area (TPSA) is 0 Å². The van der Waals surface area contributed by atoms with E-state index in [1.165, 1.54) is 22.3 Å². The third kappa shape index (κ3) is 3.31. The van der Waals surface area contributed by atoms with Crippen molar-refractivity contribution in [1.29, 1.82) is 0 Å². The van der Waals surface area contributed by atoms with Crippen molar-refractivity contribution < 1.29 is 0 Å². The van der Waals surface area contributed by atoms with Crippen molar-refractivity contribution >= 4 is 15.9 Å². The zero-order valence-electron chi connectivity index (χ0n) is 9.86. The van der Waals surface area contributed by atoms with Crippen LogP contribution in [0.25, 0.3) is 11.1 Å². The molecule has 17 heavy (non-hydrogen) atoms. The van der Waals surface area contributed by atoms with E-state index in [1.54, 1.807) is 0 Å². The van der Waals surface area contributed by atoms with Crippen LogP contribution in [0.2, 0.25) is 0 Å². The first-order valence-electron chi connectivity index (χ1n) is 5.70. The summed E-state index contributed by atoms with van der Waals surface area (Å²) in [5, 5.41) is 0. The summed E-state index contributed by atoms with van der Waals surface area (Å²) in [7, 11) is 0. The monoisotopic (exact) mass is 286 g/mol. The van der Waals surface area contributed by atoms with Gasteiger partial charge in [-0.15, -0.1) is 0 Å². The SMILES string of the molecule is C/C(=C\Br)Cc1ccc(-c2ccccc2)cc1. The molecule has 0 unspecified atom stereocenters. The minimum absolute atomic E-state index is 1.00. The van der Waals surface area contributed by atoms with Crippen LogP contribution < -0.4 is 0 Å². The Morgan fingerprint density at radius 3 is 2.12 bits per heavy atom. The van der Waals surface area contributed by atoms with Gasteiger partial charge in [0, 0.05) is 0 Å². The van der Waals surface area contributed by atoms with Gasteiger partial charge in [-0.1, -0.05) is 76.1 Å². The predicted molar refractivity (Wildman–Crippen MR) is 78.3 cm³/mol. The maximum Gasteiger partial charge on any atom is -0.00616 e. The van der Waals surface area contributed by atoms with Crippen molar-refractivity contribution in [2.24, 2.45) is 0 Å². The molecule has 0 spiro atoms. The van der Waals surface area contributed by atoms with Crippen LogP contribution in [0.4, 0.5) is 0 Å². The van der Waals surface area contributed by atoms with E-state index in [0.717, 1.165) is 6.42 Å². The van der Waals surface area contributed by atoms with Gasteiger partial charge < -0.3 is 0 Å². The standard InChI is InChI=1S/C16H15Br/c1-13(12-17)11-14-7-9-16(10-8-14)15-5-3-2-4-6-15/h2-10,12H,11H2,1H3/b13-12+. The number of hydrogen-bond donors (Lipinski definition) is 0. The molecule has 0 heterocycles. The van der Waals surface area contributed by atoms with Crippen LogP contribution in [0.1, 0.15) is 12.5 Å². The highest BCUT2D eigenvalue weighted by Gasteiger charge is 1.98. The van der Waals surface area contributed by atoms with Crippen LogP contribution in [0.5, 0.6) is 0 Å². The van der Waals surface area contributed by atoms with Gasteiger partial charge in [-0.25, -0.2) is 0 Å². The minimum atomic E-state index is 1.00. The van der Waals surface area contributed by atoms with Crippen LogP contribution in [0, 0.1) is 0 Å². The molecule has 2 aromatic rings. The van der Waals surface area contributed by atoms with Gasteiger partial charge in [-0.05, 0) is 35.0 Å². The van der Waals surface area contributed by atoms with Crippen LogP contribution in [0.3, 0.4) is 0 Å². The smallest absolute Gasteiger partial charge is 0.00616 e. The van der Waals surface area contributed by atoms with Crippen LogP contribution >= 0.6 is 15.9 Å². The van der Waals surface area contributed by atoms with Crippen LogP contribution in [0.15, 0.2) is 65.2 Å². The summed E-state index contributed by atoms with van der Waals surface area (Å²) >= 11 is 3.36. The molecule has 2 aromatic carbocycles. The van der Waals surface area contributed by atoms with Gasteiger partial charge in [0.25, 0.3) is 0 Å². The second kappa shape index (κ2) is 5.83. The summed E-state index contributed by atoms with van der Waals surface area (Å²) in [6, 6.07) is 19.2. The lowest BCUT2D eigenvalue weighted by Gasteiger charge is -2.04. The van der Waals surface area contributed by atoms with Crippen molar-refractivity contribution in [2.45, 2.75) is 13.3 Å². The van der Waals surface area contributed by atoms with E-state index < -0.39 is 0 Å². The van der Waals surface area contributed by atoms with Crippen molar-refractivity contribution in [3.63, 3.8) is 0 Å². The fourth-order valence-corrected chi connectivity index (χ4v) is 1.97. The Morgan fingerprint density at radius 2 is 1.53 bits per heavy atom. The highest BCUT2D eigenvalue weighted by molar-refractivity contribution is 9.11. The summed E-state index contributed by atoms with van der Waals surface area (Å²) in [6.07, 6.45) is 1.00. The molecule has 0 aliphatic carbocycles. The molecule has 0 saturated carbocycles. The zero-order valence-corrected chi connectivity index (χ0v) is 11.4. The molecule has 0 aliphatic rings. The zero-order chi connectivity index (χ0) is 12.1. The number of allylic oxidation sites excluding steroid dienone is 1. The van der Waals surface area contributed by atoms with E-state index in [9.17, 15) is 0 Å². The quantitative estimate of drug-likeness (QED) is 0.728.